The van der Waals surface area contributed by atoms with Crippen LogP contribution in [-0.2, 0) is 23.9 Å². The van der Waals surface area contributed by atoms with Crippen LogP contribution in [0.25, 0.3) is 22.2 Å². The molecule has 0 aliphatic carbocycles. The number of anilines is 1. The van der Waals surface area contributed by atoms with Crippen LogP contribution in [0.2, 0.25) is 0 Å². The Labute approximate surface area is 248 Å². The molecule has 4 N–H and O–H groups in total. The Hall–Kier alpha value is -5.27. The Bertz CT molecular complexity index is 1610. The van der Waals surface area contributed by atoms with Crippen molar-refractivity contribution in [2.24, 2.45) is 0 Å². The van der Waals surface area contributed by atoms with Crippen LogP contribution in [0.1, 0.15) is 30.9 Å². The number of nitrogens with zero attached hydrogens (tertiary/aromatic N) is 1. The lowest BCUT2D eigenvalue weighted by atomic mass is 9.96. The van der Waals surface area contributed by atoms with Crippen molar-refractivity contribution < 1.29 is 41.5 Å². The van der Waals surface area contributed by atoms with Gasteiger partial charge < -0.3 is 25.7 Å². The van der Waals surface area contributed by atoms with Gasteiger partial charge in [0.2, 0.25) is 17.8 Å². The molecule has 0 saturated heterocycles. The maximum absolute atomic E-state index is 15.6. The van der Waals surface area contributed by atoms with Gasteiger partial charge in [-0.3, -0.25) is 14.4 Å². The van der Waals surface area contributed by atoms with Gasteiger partial charge in [-0.25, -0.2) is 14.2 Å². The van der Waals surface area contributed by atoms with Gasteiger partial charge in [-0.1, -0.05) is 60.7 Å². The fourth-order valence-corrected chi connectivity index (χ4v) is 4.27. The number of nitrogens with one attached hydrogen (secondary N) is 4. The molecule has 1 unspecified atom stereocenters. The molecular weight excluding hydrogens is 586 g/mol. The average molecular weight is 614 g/mol. The predicted molar refractivity (Wildman–Crippen MR) is 151 cm³/mol. The highest BCUT2D eigenvalue weighted by molar-refractivity contribution is 5.89. The second kappa shape index (κ2) is 14.3. The number of carbonyl (C=O) groups excluding carboxylic acids is 4. The number of amides is 2. The molecule has 230 valence electrons. The van der Waals surface area contributed by atoms with Gasteiger partial charge in [-0.15, -0.1) is 0 Å². The van der Waals surface area contributed by atoms with E-state index in [0.717, 1.165) is 11.0 Å². The molecule has 0 spiro atoms. The van der Waals surface area contributed by atoms with E-state index in [-0.39, 0.29) is 17.5 Å². The second-order valence-corrected chi connectivity index (χ2v) is 9.57. The fraction of sp³-hybridized carbons (Fsp3) is 0.233. The molecule has 0 bridgehead atoms. The third-order valence-electron chi connectivity index (χ3n) is 6.34. The summed E-state index contributed by atoms with van der Waals surface area (Å²) in [6, 6.07) is 18.3. The number of para-hydroxylation sites is 2. The highest BCUT2D eigenvalue weighted by atomic mass is 19.4. The normalized spacial score (nSPS) is 11.9. The number of benzene rings is 3. The van der Waals surface area contributed by atoms with Crippen molar-refractivity contribution in [3.63, 3.8) is 0 Å². The smallest absolute Gasteiger partial charge is 0.386 e. The molecule has 0 radical (unpaired) electrons. The van der Waals surface area contributed by atoms with Gasteiger partial charge >= 0.3 is 18.1 Å². The molecular formula is C30H27F4N5O5. The molecule has 0 aliphatic heterocycles. The third-order valence-corrected chi connectivity index (χ3v) is 6.34. The fourth-order valence-electron chi connectivity index (χ4n) is 4.27. The van der Waals surface area contributed by atoms with Crippen LogP contribution in [0.4, 0.5) is 23.5 Å². The highest BCUT2D eigenvalue weighted by Gasteiger charge is 2.42. The number of hydrogen-bond acceptors (Lipinski definition) is 7. The summed E-state index contributed by atoms with van der Waals surface area (Å²) in [6.45, 7) is -0.167. The van der Waals surface area contributed by atoms with E-state index in [4.69, 9.17) is 0 Å². The molecule has 1 atom stereocenters. The maximum atomic E-state index is 15.6. The zero-order valence-electron chi connectivity index (χ0n) is 23.0. The molecule has 4 aromatic rings. The van der Waals surface area contributed by atoms with Crippen molar-refractivity contribution in [1.82, 2.24) is 20.6 Å². The van der Waals surface area contributed by atoms with Crippen molar-refractivity contribution in [3.05, 3.63) is 84.2 Å². The number of esters is 2. The largest absolute Gasteiger partial charge is 0.491 e. The number of alkyl halides is 3. The van der Waals surface area contributed by atoms with Crippen LogP contribution in [0.3, 0.4) is 0 Å². The molecule has 14 heteroatoms. The third kappa shape index (κ3) is 8.63. The zero-order valence-corrected chi connectivity index (χ0v) is 23.0. The Morgan fingerprint density at radius 2 is 1.64 bits per heavy atom. The van der Waals surface area contributed by atoms with E-state index in [1.54, 1.807) is 30.3 Å². The Morgan fingerprint density at radius 3 is 2.36 bits per heavy atom. The summed E-state index contributed by atoms with van der Waals surface area (Å²) in [7, 11) is 0. The minimum atomic E-state index is -5.43. The molecule has 1 aromatic heterocycles. The predicted octanol–water partition coefficient (Wildman–Crippen LogP) is 4.56. The first-order valence-electron chi connectivity index (χ1n) is 13.4. The van der Waals surface area contributed by atoms with Crippen LogP contribution in [0.15, 0.2) is 72.8 Å². The van der Waals surface area contributed by atoms with Gasteiger partial charge in [0, 0.05) is 24.1 Å². The number of H-pyrrole nitrogens is 1. The number of hydrogen-bond donors (Lipinski definition) is 4. The summed E-state index contributed by atoms with van der Waals surface area (Å²) >= 11 is 0. The molecule has 0 fully saturated rings. The second-order valence-electron chi connectivity index (χ2n) is 9.57. The number of ether oxygens (including phenoxy) is 1. The molecule has 0 saturated carbocycles. The Morgan fingerprint density at radius 1 is 0.909 bits per heavy atom. The van der Waals surface area contributed by atoms with Crippen molar-refractivity contribution >= 4 is 40.7 Å². The highest BCUT2D eigenvalue weighted by Crippen LogP contribution is 2.30. The first kappa shape index (κ1) is 31.7. The number of carbonyl (C=O) groups is 4. The lowest BCUT2D eigenvalue weighted by molar-refractivity contribution is -0.202. The average Bonchev–Trinajstić information content (AvgIpc) is 3.41. The summed E-state index contributed by atoms with van der Waals surface area (Å²) in [4.78, 5) is 55.8. The summed E-state index contributed by atoms with van der Waals surface area (Å²) < 4.78 is 57.2. The summed E-state index contributed by atoms with van der Waals surface area (Å²) in [6.07, 6.45) is -5.99. The van der Waals surface area contributed by atoms with E-state index in [2.05, 4.69) is 30.7 Å². The van der Waals surface area contributed by atoms with E-state index in [1.807, 2.05) is 24.3 Å². The maximum Gasteiger partial charge on any atom is 0.491 e. The van der Waals surface area contributed by atoms with Crippen LogP contribution in [-0.4, -0.2) is 53.0 Å². The summed E-state index contributed by atoms with van der Waals surface area (Å²) in [5.74, 6) is -6.02. The van der Waals surface area contributed by atoms with Crippen LogP contribution in [0, 0.1) is 5.82 Å². The molecule has 3 aromatic carbocycles. The number of aromatic nitrogens is 2. The van der Waals surface area contributed by atoms with Crippen molar-refractivity contribution in [2.45, 2.75) is 31.5 Å². The van der Waals surface area contributed by atoms with Crippen molar-refractivity contribution in [3.8, 4) is 11.1 Å². The van der Waals surface area contributed by atoms with E-state index in [1.165, 1.54) is 18.2 Å². The number of rotatable bonds is 12. The number of imidazole rings is 1. The van der Waals surface area contributed by atoms with Gasteiger partial charge in [0.25, 0.3) is 0 Å². The molecule has 2 amide bonds. The lowest BCUT2D eigenvalue weighted by Gasteiger charge is -2.20. The van der Waals surface area contributed by atoms with Crippen molar-refractivity contribution in [1.29, 1.82) is 0 Å². The van der Waals surface area contributed by atoms with Crippen LogP contribution >= 0.6 is 0 Å². The zero-order chi connectivity index (χ0) is 31.7. The van der Waals surface area contributed by atoms with E-state index in [0.29, 0.717) is 24.5 Å². The number of fused-ring (bicyclic) bond motifs is 1. The molecule has 10 nitrogen and oxygen atoms in total. The van der Waals surface area contributed by atoms with Gasteiger partial charge in [-0.2, -0.15) is 13.2 Å². The molecule has 0 aliphatic rings. The standard InChI is InChI=1S/C30H27F4N5O5/c31-27-19(18-8-2-1-3-9-18)10-6-11-20(27)23(16-26(42)44-28(43)30(32,33)34)37-25(41)17-36-24(40)14-7-15-35-29-38-21-12-4-5-13-22(21)39-29/h1-6,8-13,23H,7,14-17H2,(H,36,40)(H,37,41)(H2,35,38,39). The van der Waals surface area contributed by atoms with Gasteiger partial charge in [0.05, 0.1) is 30.0 Å². The quantitative estimate of drug-likeness (QED) is 0.0795. The number of halogens is 4. The monoisotopic (exact) mass is 613 g/mol. The first-order chi connectivity index (χ1) is 21.0. The Kier molecular flexibility index (Phi) is 10.3. The van der Waals surface area contributed by atoms with Crippen LogP contribution in [0.5, 0.6) is 0 Å². The van der Waals surface area contributed by atoms with E-state index in [9.17, 15) is 32.3 Å². The van der Waals surface area contributed by atoms with Gasteiger partial charge in [-0.05, 0) is 24.1 Å². The summed E-state index contributed by atoms with van der Waals surface area (Å²) in [5.41, 5.74) is 1.97. The van der Waals surface area contributed by atoms with E-state index < -0.39 is 54.8 Å². The van der Waals surface area contributed by atoms with Gasteiger partial charge in [0.15, 0.2) is 0 Å². The van der Waals surface area contributed by atoms with E-state index >= 15 is 4.39 Å². The van der Waals surface area contributed by atoms with Crippen LogP contribution < -0.4 is 16.0 Å². The minimum absolute atomic E-state index is 0.0452. The summed E-state index contributed by atoms with van der Waals surface area (Å²) in [5, 5.41) is 7.80. The lowest BCUT2D eigenvalue weighted by Crippen LogP contribution is -2.40. The SMILES string of the molecule is O=C(CCCNc1nc2ccccc2[nH]1)NCC(=O)NC(CC(=O)OC(=O)C(F)(F)F)c1cccc(-c2ccccc2)c1F. The Balaban J connectivity index is 1.35. The molecule has 1 heterocycles. The number of aromatic amines is 1. The molecule has 44 heavy (non-hydrogen) atoms. The topological polar surface area (TPSA) is 142 Å². The molecule has 4 rings (SSSR count). The van der Waals surface area contributed by atoms with Crippen molar-refractivity contribution in [2.75, 3.05) is 18.4 Å². The van der Waals surface area contributed by atoms with Gasteiger partial charge in [0.1, 0.15) is 5.82 Å². The minimum Gasteiger partial charge on any atom is -0.386 e. The first-order valence-corrected chi connectivity index (χ1v) is 13.4.